The van der Waals surface area contributed by atoms with Gasteiger partial charge in [0, 0.05) is 34.8 Å². The maximum atomic E-state index is 3.75. The van der Waals surface area contributed by atoms with Crippen molar-refractivity contribution < 1.29 is 0 Å². The quantitative estimate of drug-likeness (QED) is 0.792. The van der Waals surface area contributed by atoms with Gasteiger partial charge in [0.15, 0.2) is 0 Å². The standard InChI is InChI=1S/C18H29BrN2/c1-5-21(15-8-6-7-9-15)16-11-10-14(17(19)12-16)13-20-18(2,3)4/h10-12,15,20H,5-9,13H2,1-4H3. The predicted molar refractivity (Wildman–Crippen MR) is 96.0 cm³/mol. The third-order valence-electron chi connectivity index (χ3n) is 4.28. The van der Waals surface area contributed by atoms with Gasteiger partial charge in [-0.05, 0) is 58.2 Å². The summed E-state index contributed by atoms with van der Waals surface area (Å²) in [4.78, 5) is 2.57. The van der Waals surface area contributed by atoms with E-state index in [4.69, 9.17) is 0 Å². The number of rotatable bonds is 5. The third kappa shape index (κ3) is 4.72. The van der Waals surface area contributed by atoms with Crippen LogP contribution >= 0.6 is 15.9 Å². The molecule has 3 heteroatoms. The van der Waals surface area contributed by atoms with Gasteiger partial charge in [0.2, 0.25) is 0 Å². The van der Waals surface area contributed by atoms with Gasteiger partial charge in [-0.2, -0.15) is 0 Å². The molecule has 0 radical (unpaired) electrons. The fourth-order valence-electron chi connectivity index (χ4n) is 3.09. The summed E-state index contributed by atoms with van der Waals surface area (Å²) in [5.41, 5.74) is 2.84. The van der Waals surface area contributed by atoms with Crippen LogP contribution in [0.4, 0.5) is 5.69 Å². The number of nitrogens with one attached hydrogen (secondary N) is 1. The minimum atomic E-state index is 0.150. The van der Waals surface area contributed by atoms with Crippen molar-refractivity contribution in [1.82, 2.24) is 5.32 Å². The highest BCUT2D eigenvalue weighted by molar-refractivity contribution is 9.10. The van der Waals surface area contributed by atoms with Crippen molar-refractivity contribution in [3.05, 3.63) is 28.2 Å². The fourth-order valence-corrected chi connectivity index (χ4v) is 3.59. The maximum Gasteiger partial charge on any atom is 0.0380 e. The highest BCUT2D eigenvalue weighted by atomic mass is 79.9. The van der Waals surface area contributed by atoms with Crippen LogP contribution in [0, 0.1) is 0 Å². The Morgan fingerprint density at radius 1 is 1.24 bits per heavy atom. The molecule has 0 saturated heterocycles. The number of hydrogen-bond donors (Lipinski definition) is 1. The van der Waals surface area contributed by atoms with Gasteiger partial charge in [-0.15, -0.1) is 0 Å². The van der Waals surface area contributed by atoms with Gasteiger partial charge in [0.1, 0.15) is 0 Å². The zero-order valence-electron chi connectivity index (χ0n) is 13.9. The van der Waals surface area contributed by atoms with Crippen molar-refractivity contribution in [2.45, 2.75) is 71.5 Å². The van der Waals surface area contributed by atoms with Crippen molar-refractivity contribution in [2.24, 2.45) is 0 Å². The van der Waals surface area contributed by atoms with Crippen molar-refractivity contribution in [3.8, 4) is 0 Å². The first-order valence-electron chi connectivity index (χ1n) is 8.21. The van der Waals surface area contributed by atoms with Gasteiger partial charge in [-0.1, -0.05) is 34.8 Å². The van der Waals surface area contributed by atoms with Crippen molar-refractivity contribution in [3.63, 3.8) is 0 Å². The summed E-state index contributed by atoms with van der Waals surface area (Å²) in [6.45, 7) is 10.9. The first-order chi connectivity index (χ1) is 9.90. The Morgan fingerprint density at radius 3 is 2.43 bits per heavy atom. The Morgan fingerprint density at radius 2 is 1.90 bits per heavy atom. The summed E-state index contributed by atoms with van der Waals surface area (Å²) in [5, 5.41) is 3.55. The van der Waals surface area contributed by atoms with E-state index in [0.29, 0.717) is 0 Å². The van der Waals surface area contributed by atoms with E-state index in [9.17, 15) is 0 Å². The molecule has 0 unspecified atom stereocenters. The maximum absolute atomic E-state index is 3.75. The van der Waals surface area contributed by atoms with E-state index >= 15 is 0 Å². The molecule has 1 N–H and O–H groups in total. The van der Waals surface area contributed by atoms with Crippen molar-refractivity contribution in [2.75, 3.05) is 11.4 Å². The number of benzene rings is 1. The van der Waals surface area contributed by atoms with E-state index in [-0.39, 0.29) is 5.54 Å². The fraction of sp³-hybridized carbons (Fsp3) is 0.667. The van der Waals surface area contributed by atoms with E-state index in [2.05, 4.69) is 72.0 Å². The molecule has 0 spiro atoms. The SMILES string of the molecule is CCN(c1ccc(CNC(C)(C)C)c(Br)c1)C1CCCC1. The molecule has 118 valence electrons. The lowest BCUT2D eigenvalue weighted by atomic mass is 10.1. The summed E-state index contributed by atoms with van der Waals surface area (Å²) in [6, 6.07) is 7.57. The highest BCUT2D eigenvalue weighted by Gasteiger charge is 2.22. The predicted octanol–water partition coefficient (Wildman–Crippen LogP) is 5.11. The number of nitrogens with zero attached hydrogens (tertiary/aromatic N) is 1. The smallest absolute Gasteiger partial charge is 0.0380 e. The van der Waals surface area contributed by atoms with E-state index in [1.807, 2.05) is 0 Å². The average Bonchev–Trinajstić information content (AvgIpc) is 2.91. The second-order valence-electron chi connectivity index (χ2n) is 7.10. The van der Waals surface area contributed by atoms with Crippen LogP contribution in [0.3, 0.4) is 0 Å². The summed E-state index contributed by atoms with van der Waals surface area (Å²) in [5.74, 6) is 0. The van der Waals surface area contributed by atoms with Crippen LogP contribution in [0.15, 0.2) is 22.7 Å². The average molecular weight is 353 g/mol. The molecule has 0 aliphatic heterocycles. The molecule has 0 amide bonds. The van der Waals surface area contributed by atoms with Crippen LogP contribution in [-0.2, 0) is 6.54 Å². The van der Waals surface area contributed by atoms with E-state index in [1.54, 1.807) is 0 Å². The minimum Gasteiger partial charge on any atom is -0.369 e. The molecule has 0 atom stereocenters. The topological polar surface area (TPSA) is 15.3 Å². The van der Waals surface area contributed by atoms with Gasteiger partial charge in [-0.3, -0.25) is 0 Å². The molecule has 2 rings (SSSR count). The summed E-state index contributed by atoms with van der Waals surface area (Å²) < 4.78 is 1.22. The van der Waals surface area contributed by atoms with E-state index in [1.165, 1.54) is 41.4 Å². The second kappa shape index (κ2) is 7.15. The number of hydrogen-bond acceptors (Lipinski definition) is 2. The molecule has 1 aliphatic rings. The van der Waals surface area contributed by atoms with Crippen molar-refractivity contribution in [1.29, 1.82) is 0 Å². The largest absolute Gasteiger partial charge is 0.369 e. The van der Waals surface area contributed by atoms with Crippen LogP contribution in [0.1, 0.15) is 58.9 Å². The van der Waals surface area contributed by atoms with Crippen molar-refractivity contribution >= 4 is 21.6 Å². The monoisotopic (exact) mass is 352 g/mol. The Kier molecular flexibility index (Phi) is 5.73. The van der Waals surface area contributed by atoms with Crippen LogP contribution < -0.4 is 10.2 Å². The molecule has 0 aromatic heterocycles. The lowest BCUT2D eigenvalue weighted by molar-refractivity contribution is 0.424. The molecule has 1 saturated carbocycles. The molecule has 1 aromatic carbocycles. The van der Waals surface area contributed by atoms with E-state index in [0.717, 1.165) is 19.1 Å². The zero-order valence-corrected chi connectivity index (χ0v) is 15.5. The Balaban J connectivity index is 2.10. The normalized spacial score (nSPS) is 16.4. The van der Waals surface area contributed by atoms with Gasteiger partial charge in [0.05, 0.1) is 0 Å². The van der Waals surface area contributed by atoms with Gasteiger partial charge < -0.3 is 10.2 Å². The third-order valence-corrected chi connectivity index (χ3v) is 5.02. The molecule has 1 aliphatic carbocycles. The summed E-state index contributed by atoms with van der Waals surface area (Å²) in [6.07, 6.45) is 5.46. The Labute approximate surface area is 138 Å². The van der Waals surface area contributed by atoms with Crippen LogP contribution in [0.2, 0.25) is 0 Å². The Hall–Kier alpha value is -0.540. The van der Waals surface area contributed by atoms with Crippen LogP contribution in [-0.4, -0.2) is 18.1 Å². The lowest BCUT2D eigenvalue weighted by Gasteiger charge is -2.30. The Bertz CT molecular complexity index is 459. The molecule has 0 bridgehead atoms. The van der Waals surface area contributed by atoms with Gasteiger partial charge in [-0.25, -0.2) is 0 Å². The number of halogens is 1. The van der Waals surface area contributed by atoms with Crippen LogP contribution in [0.25, 0.3) is 0 Å². The molecule has 1 aromatic rings. The second-order valence-corrected chi connectivity index (χ2v) is 7.96. The van der Waals surface area contributed by atoms with Gasteiger partial charge in [0.25, 0.3) is 0 Å². The van der Waals surface area contributed by atoms with Crippen LogP contribution in [0.5, 0.6) is 0 Å². The lowest BCUT2D eigenvalue weighted by Crippen LogP contribution is -2.35. The minimum absolute atomic E-state index is 0.150. The summed E-state index contributed by atoms with van der Waals surface area (Å²) in [7, 11) is 0. The summed E-state index contributed by atoms with van der Waals surface area (Å²) >= 11 is 3.75. The first kappa shape index (κ1) is 16.8. The van der Waals surface area contributed by atoms with E-state index < -0.39 is 0 Å². The molecule has 1 fully saturated rings. The zero-order chi connectivity index (χ0) is 15.5. The molecule has 2 nitrogen and oxygen atoms in total. The molecule has 21 heavy (non-hydrogen) atoms. The first-order valence-corrected chi connectivity index (χ1v) is 9.00. The molecule has 0 heterocycles. The molecular weight excluding hydrogens is 324 g/mol. The molecular formula is C18H29BrN2. The number of anilines is 1. The highest BCUT2D eigenvalue weighted by Crippen LogP contribution is 2.31. The van der Waals surface area contributed by atoms with Gasteiger partial charge >= 0.3 is 0 Å².